The number of aromatic nitrogens is 3. The molecule has 2 heterocycles. The van der Waals surface area contributed by atoms with Gasteiger partial charge >= 0.3 is 0 Å². The van der Waals surface area contributed by atoms with E-state index >= 15 is 0 Å². The molecule has 23 heavy (non-hydrogen) atoms. The van der Waals surface area contributed by atoms with Crippen molar-refractivity contribution >= 4 is 17.7 Å². The van der Waals surface area contributed by atoms with Gasteiger partial charge in [-0.3, -0.25) is 9.36 Å². The van der Waals surface area contributed by atoms with Gasteiger partial charge < -0.3 is 9.73 Å². The molecule has 0 aromatic carbocycles. The van der Waals surface area contributed by atoms with Crippen molar-refractivity contribution in [3.63, 3.8) is 0 Å². The summed E-state index contributed by atoms with van der Waals surface area (Å²) in [7, 11) is 0. The van der Waals surface area contributed by atoms with Gasteiger partial charge in [-0.25, -0.2) is 0 Å². The fourth-order valence-electron chi connectivity index (χ4n) is 1.94. The first kappa shape index (κ1) is 17.3. The molecule has 0 aliphatic heterocycles. The van der Waals surface area contributed by atoms with E-state index in [0.29, 0.717) is 23.3 Å². The minimum Gasteiger partial charge on any atom is -0.461 e. The van der Waals surface area contributed by atoms with Crippen molar-refractivity contribution in [2.24, 2.45) is 0 Å². The molecule has 124 valence electrons. The summed E-state index contributed by atoms with van der Waals surface area (Å²) in [5.41, 5.74) is -0.264. The van der Waals surface area contributed by atoms with Gasteiger partial charge in [0.15, 0.2) is 10.9 Å². The van der Waals surface area contributed by atoms with Gasteiger partial charge in [-0.15, -0.1) is 16.8 Å². The van der Waals surface area contributed by atoms with Crippen LogP contribution in [0.25, 0.3) is 11.6 Å². The van der Waals surface area contributed by atoms with Crippen molar-refractivity contribution in [1.29, 1.82) is 0 Å². The predicted octanol–water partition coefficient (Wildman–Crippen LogP) is 3.12. The van der Waals surface area contributed by atoms with E-state index in [1.165, 1.54) is 11.8 Å². The SMILES string of the molecule is C=CCn1c(SC(C)C(=O)NC(C)(C)C)nnc1-c1ccco1. The highest BCUT2D eigenvalue weighted by atomic mass is 32.2. The standard InChI is InChI=1S/C16H22N4O2S/c1-6-9-20-13(12-8-7-10-22-12)18-19-15(20)23-11(2)14(21)17-16(3,4)5/h6-8,10-11H,1,9H2,2-5H3,(H,17,21). The second kappa shape index (κ2) is 7.04. The Bertz CT molecular complexity index is 671. The van der Waals surface area contributed by atoms with Gasteiger partial charge in [0.1, 0.15) is 0 Å². The Morgan fingerprint density at radius 3 is 2.83 bits per heavy atom. The van der Waals surface area contributed by atoms with E-state index in [2.05, 4.69) is 22.1 Å². The third kappa shape index (κ3) is 4.48. The minimum absolute atomic E-state index is 0.0322. The topological polar surface area (TPSA) is 73.0 Å². The van der Waals surface area contributed by atoms with Crippen LogP contribution in [-0.2, 0) is 11.3 Å². The molecular formula is C16H22N4O2S. The first-order valence-corrected chi connectivity index (χ1v) is 8.26. The number of amides is 1. The molecule has 0 fully saturated rings. The van der Waals surface area contributed by atoms with Crippen molar-refractivity contribution < 1.29 is 9.21 Å². The largest absolute Gasteiger partial charge is 0.461 e. The number of hydrogen-bond donors (Lipinski definition) is 1. The van der Waals surface area contributed by atoms with Gasteiger partial charge in [0.25, 0.3) is 0 Å². The van der Waals surface area contributed by atoms with Crippen LogP contribution in [0.1, 0.15) is 27.7 Å². The summed E-state index contributed by atoms with van der Waals surface area (Å²) in [6, 6.07) is 3.63. The first-order chi connectivity index (χ1) is 10.8. The number of furan rings is 1. The molecule has 1 atom stereocenters. The molecule has 0 radical (unpaired) electrons. The van der Waals surface area contributed by atoms with Crippen molar-refractivity contribution in [2.75, 3.05) is 0 Å². The van der Waals surface area contributed by atoms with Crippen LogP contribution in [0, 0.1) is 0 Å². The van der Waals surface area contributed by atoms with Crippen molar-refractivity contribution in [3.05, 3.63) is 31.1 Å². The molecule has 2 rings (SSSR count). The first-order valence-electron chi connectivity index (χ1n) is 7.38. The van der Waals surface area contributed by atoms with Crippen LogP contribution >= 0.6 is 11.8 Å². The molecular weight excluding hydrogens is 312 g/mol. The monoisotopic (exact) mass is 334 g/mol. The Kier molecular flexibility index (Phi) is 5.30. The number of hydrogen-bond acceptors (Lipinski definition) is 5. The zero-order valence-electron chi connectivity index (χ0n) is 13.9. The van der Waals surface area contributed by atoms with Crippen molar-refractivity contribution in [2.45, 2.75) is 50.2 Å². The summed E-state index contributed by atoms with van der Waals surface area (Å²) in [4.78, 5) is 12.2. The van der Waals surface area contributed by atoms with E-state index in [1.807, 2.05) is 38.3 Å². The van der Waals surface area contributed by atoms with Crippen molar-refractivity contribution in [1.82, 2.24) is 20.1 Å². The summed E-state index contributed by atoms with van der Waals surface area (Å²) in [5, 5.41) is 11.7. The average Bonchev–Trinajstić information content (AvgIpc) is 3.07. The van der Waals surface area contributed by atoms with Crippen LogP contribution in [0.15, 0.2) is 40.6 Å². The lowest BCUT2D eigenvalue weighted by Gasteiger charge is -2.22. The third-order valence-corrected chi connectivity index (χ3v) is 4.00. The predicted molar refractivity (Wildman–Crippen MR) is 91.1 cm³/mol. The molecule has 0 aliphatic carbocycles. The molecule has 6 nitrogen and oxygen atoms in total. The fourth-order valence-corrected chi connectivity index (χ4v) is 2.80. The number of nitrogens with zero attached hydrogens (tertiary/aromatic N) is 3. The van der Waals surface area contributed by atoms with E-state index in [4.69, 9.17) is 4.42 Å². The lowest BCUT2D eigenvalue weighted by Crippen LogP contribution is -2.44. The molecule has 1 N–H and O–H groups in total. The van der Waals surface area contributed by atoms with Gasteiger partial charge in [-0.05, 0) is 39.8 Å². The number of carbonyl (C=O) groups excluding carboxylic acids is 1. The number of nitrogens with one attached hydrogen (secondary N) is 1. The molecule has 2 aromatic heterocycles. The number of rotatable bonds is 6. The Labute approximate surface area is 140 Å². The molecule has 0 bridgehead atoms. The van der Waals surface area contributed by atoms with Crippen LogP contribution in [0.3, 0.4) is 0 Å². The van der Waals surface area contributed by atoms with Gasteiger partial charge in [-0.1, -0.05) is 17.8 Å². The Hall–Kier alpha value is -2.02. The molecule has 0 saturated carbocycles. The smallest absolute Gasteiger partial charge is 0.233 e. The number of carbonyl (C=O) groups is 1. The van der Waals surface area contributed by atoms with Gasteiger partial charge in [0.2, 0.25) is 11.7 Å². The van der Waals surface area contributed by atoms with E-state index < -0.39 is 0 Å². The quantitative estimate of drug-likeness (QED) is 0.649. The molecule has 0 aliphatic rings. The van der Waals surface area contributed by atoms with Crippen LogP contribution < -0.4 is 5.32 Å². The molecule has 0 spiro atoms. The third-order valence-electron chi connectivity index (χ3n) is 2.92. The van der Waals surface area contributed by atoms with Gasteiger partial charge in [0, 0.05) is 12.1 Å². The zero-order chi connectivity index (χ0) is 17.0. The van der Waals surface area contributed by atoms with E-state index in [9.17, 15) is 4.79 Å². The highest BCUT2D eigenvalue weighted by Gasteiger charge is 2.23. The maximum absolute atomic E-state index is 12.2. The van der Waals surface area contributed by atoms with E-state index in [-0.39, 0.29) is 16.7 Å². The maximum Gasteiger partial charge on any atom is 0.233 e. The summed E-state index contributed by atoms with van der Waals surface area (Å²) < 4.78 is 7.28. The summed E-state index contributed by atoms with van der Waals surface area (Å²) in [5.74, 6) is 1.23. The minimum atomic E-state index is -0.286. The van der Waals surface area contributed by atoms with Crippen LogP contribution in [0.5, 0.6) is 0 Å². The van der Waals surface area contributed by atoms with Crippen molar-refractivity contribution in [3.8, 4) is 11.6 Å². The van der Waals surface area contributed by atoms with E-state index in [1.54, 1.807) is 18.4 Å². The molecule has 1 unspecified atom stereocenters. The van der Waals surface area contributed by atoms with Crippen LogP contribution in [-0.4, -0.2) is 31.5 Å². The molecule has 2 aromatic rings. The summed E-state index contributed by atoms with van der Waals surface area (Å²) in [6.07, 6.45) is 3.36. The Morgan fingerprint density at radius 2 is 2.26 bits per heavy atom. The number of thioether (sulfide) groups is 1. The highest BCUT2D eigenvalue weighted by molar-refractivity contribution is 8.00. The van der Waals surface area contributed by atoms with Crippen LogP contribution in [0.2, 0.25) is 0 Å². The summed E-state index contributed by atoms with van der Waals surface area (Å²) >= 11 is 1.36. The normalized spacial score (nSPS) is 12.9. The molecule has 0 saturated heterocycles. The Balaban J connectivity index is 2.20. The second-order valence-electron chi connectivity index (χ2n) is 6.18. The zero-order valence-corrected chi connectivity index (χ0v) is 14.7. The average molecular weight is 334 g/mol. The van der Waals surface area contributed by atoms with Gasteiger partial charge in [-0.2, -0.15) is 0 Å². The molecule has 1 amide bonds. The molecule has 7 heteroatoms. The maximum atomic E-state index is 12.2. The highest BCUT2D eigenvalue weighted by Crippen LogP contribution is 2.27. The second-order valence-corrected chi connectivity index (χ2v) is 7.49. The van der Waals surface area contributed by atoms with Gasteiger partial charge in [0.05, 0.1) is 11.5 Å². The number of allylic oxidation sites excluding steroid dienone is 1. The van der Waals surface area contributed by atoms with Crippen LogP contribution in [0.4, 0.5) is 0 Å². The van der Waals surface area contributed by atoms with E-state index in [0.717, 1.165) is 0 Å². The lowest BCUT2D eigenvalue weighted by molar-refractivity contribution is -0.121. The Morgan fingerprint density at radius 1 is 1.52 bits per heavy atom. The lowest BCUT2D eigenvalue weighted by atomic mass is 10.1. The fraction of sp³-hybridized carbons (Fsp3) is 0.438. The summed E-state index contributed by atoms with van der Waals surface area (Å²) in [6.45, 7) is 12.0.